The van der Waals surface area contributed by atoms with Gasteiger partial charge in [-0.2, -0.15) is 0 Å². The smallest absolute Gasteiger partial charge is 0.296 e. The first-order chi connectivity index (χ1) is 16.1. The van der Waals surface area contributed by atoms with E-state index < -0.39 is 11.7 Å². The molecule has 0 spiro atoms. The van der Waals surface area contributed by atoms with E-state index in [9.17, 15) is 14.4 Å². The lowest BCUT2D eigenvalue weighted by atomic mass is 10.1. The Morgan fingerprint density at radius 3 is 2.30 bits per heavy atom. The molecule has 0 atom stereocenters. The van der Waals surface area contributed by atoms with E-state index in [0.717, 1.165) is 48.6 Å². The van der Waals surface area contributed by atoms with Gasteiger partial charge in [-0.05, 0) is 36.8 Å². The third-order valence-electron chi connectivity index (χ3n) is 6.29. The number of piperidine rings is 1. The second-order valence-electron chi connectivity index (χ2n) is 8.44. The van der Waals surface area contributed by atoms with Crippen LogP contribution in [0.25, 0.3) is 21.7 Å². The Kier molecular flexibility index (Phi) is 5.65. The number of amides is 2. The summed E-state index contributed by atoms with van der Waals surface area (Å²) < 4.78 is 1.78. The second kappa shape index (κ2) is 8.90. The summed E-state index contributed by atoms with van der Waals surface area (Å²) in [4.78, 5) is 40.8. The summed E-state index contributed by atoms with van der Waals surface area (Å²) in [5.41, 5.74) is 1.66. The number of hydrogen-bond acceptors (Lipinski definition) is 3. The first-order valence-electron chi connectivity index (χ1n) is 11.3. The zero-order valence-electron chi connectivity index (χ0n) is 18.3. The van der Waals surface area contributed by atoms with Crippen molar-refractivity contribution in [1.82, 2.24) is 9.47 Å². The highest BCUT2D eigenvalue weighted by Crippen LogP contribution is 2.25. The Hall–Kier alpha value is -3.93. The summed E-state index contributed by atoms with van der Waals surface area (Å²) in [5.74, 6) is -1.28. The summed E-state index contributed by atoms with van der Waals surface area (Å²) in [7, 11) is 0. The molecule has 166 valence electrons. The van der Waals surface area contributed by atoms with Crippen molar-refractivity contribution >= 4 is 45.0 Å². The van der Waals surface area contributed by atoms with Gasteiger partial charge < -0.3 is 14.8 Å². The molecule has 1 saturated heterocycles. The molecule has 5 rings (SSSR count). The lowest BCUT2D eigenvalue weighted by Gasteiger charge is -2.27. The number of likely N-dealkylation sites (tertiary alicyclic amines) is 1. The minimum atomic E-state index is -0.698. The molecule has 33 heavy (non-hydrogen) atoms. The van der Waals surface area contributed by atoms with Crippen molar-refractivity contribution in [2.75, 3.05) is 18.4 Å². The second-order valence-corrected chi connectivity index (χ2v) is 8.44. The van der Waals surface area contributed by atoms with Crippen LogP contribution < -0.4 is 5.32 Å². The van der Waals surface area contributed by atoms with E-state index in [2.05, 4.69) is 5.32 Å². The number of nitrogens with zero attached hydrogens (tertiary/aromatic N) is 2. The number of benzene rings is 3. The van der Waals surface area contributed by atoms with E-state index in [1.165, 1.54) is 0 Å². The van der Waals surface area contributed by atoms with E-state index in [0.29, 0.717) is 16.6 Å². The molecule has 1 aliphatic rings. The third-order valence-corrected chi connectivity index (χ3v) is 6.29. The van der Waals surface area contributed by atoms with Crippen LogP contribution in [0, 0.1) is 0 Å². The van der Waals surface area contributed by atoms with Crippen LogP contribution in [-0.4, -0.2) is 40.2 Å². The maximum Gasteiger partial charge on any atom is 0.296 e. The highest BCUT2D eigenvalue weighted by molar-refractivity contribution is 6.48. The minimum absolute atomic E-state index is 0.0367. The Bertz CT molecular complexity index is 1360. The number of para-hydroxylation sites is 1. The molecule has 0 aliphatic carbocycles. The maximum absolute atomic E-state index is 13.2. The molecule has 4 aromatic rings. The molecule has 0 saturated carbocycles. The number of rotatable bonds is 5. The van der Waals surface area contributed by atoms with Gasteiger partial charge in [-0.1, -0.05) is 54.6 Å². The average Bonchev–Trinajstić information content (AvgIpc) is 3.22. The number of nitrogens with one attached hydrogen (secondary N) is 1. The van der Waals surface area contributed by atoms with Crippen LogP contribution in [-0.2, 0) is 16.1 Å². The van der Waals surface area contributed by atoms with Gasteiger partial charge in [0, 0.05) is 41.3 Å². The van der Waals surface area contributed by atoms with Crippen molar-refractivity contribution in [3.8, 4) is 0 Å². The number of fused-ring (bicyclic) bond motifs is 2. The van der Waals surface area contributed by atoms with E-state index in [1.807, 2.05) is 65.6 Å². The molecule has 1 N–H and O–H groups in total. The fraction of sp³-hybridized carbons (Fsp3) is 0.222. The predicted octanol–water partition coefficient (Wildman–Crippen LogP) is 4.63. The third kappa shape index (κ3) is 4.12. The summed E-state index contributed by atoms with van der Waals surface area (Å²) in [5, 5.41) is 5.30. The van der Waals surface area contributed by atoms with Gasteiger partial charge >= 0.3 is 0 Å². The van der Waals surface area contributed by atoms with E-state index in [-0.39, 0.29) is 12.5 Å². The Balaban J connectivity index is 1.42. The largest absolute Gasteiger partial charge is 0.341 e. The molecule has 1 fully saturated rings. The summed E-state index contributed by atoms with van der Waals surface area (Å²) in [6.45, 7) is 1.70. The van der Waals surface area contributed by atoms with E-state index in [1.54, 1.807) is 16.8 Å². The Morgan fingerprint density at radius 2 is 1.48 bits per heavy atom. The van der Waals surface area contributed by atoms with Gasteiger partial charge in [0.05, 0.1) is 5.56 Å². The summed E-state index contributed by atoms with van der Waals surface area (Å²) >= 11 is 0. The maximum atomic E-state index is 13.2. The summed E-state index contributed by atoms with van der Waals surface area (Å²) in [6.07, 6.45) is 4.84. The molecule has 2 heterocycles. The topological polar surface area (TPSA) is 71.4 Å². The van der Waals surface area contributed by atoms with Crippen molar-refractivity contribution in [1.29, 1.82) is 0 Å². The van der Waals surface area contributed by atoms with Crippen molar-refractivity contribution in [3.05, 3.63) is 78.5 Å². The van der Waals surface area contributed by atoms with Gasteiger partial charge in [0.2, 0.25) is 5.91 Å². The lowest BCUT2D eigenvalue weighted by Crippen LogP contribution is -2.37. The number of hydrogen-bond donors (Lipinski definition) is 1. The highest BCUT2D eigenvalue weighted by atomic mass is 16.2. The molecular formula is C27H25N3O3. The molecule has 0 unspecified atom stereocenters. The summed E-state index contributed by atoms with van der Waals surface area (Å²) in [6, 6.07) is 20.7. The fourth-order valence-corrected chi connectivity index (χ4v) is 4.58. The number of anilines is 1. The van der Waals surface area contributed by atoms with Gasteiger partial charge in [-0.3, -0.25) is 14.4 Å². The number of ketones is 1. The van der Waals surface area contributed by atoms with Gasteiger partial charge in [0.1, 0.15) is 6.54 Å². The lowest BCUT2D eigenvalue weighted by molar-refractivity contribution is -0.132. The van der Waals surface area contributed by atoms with Crippen molar-refractivity contribution < 1.29 is 14.4 Å². The van der Waals surface area contributed by atoms with Crippen LogP contribution in [0.15, 0.2) is 72.9 Å². The van der Waals surface area contributed by atoms with Gasteiger partial charge in [-0.15, -0.1) is 0 Å². The minimum Gasteiger partial charge on any atom is -0.341 e. The van der Waals surface area contributed by atoms with Crippen molar-refractivity contribution in [2.45, 2.75) is 25.8 Å². The predicted molar refractivity (Wildman–Crippen MR) is 129 cm³/mol. The SMILES string of the molecule is O=C(Nc1cccc2ccccc12)C(=O)c1cn(CC(=O)N2CCCCC2)c2ccccc12. The van der Waals surface area contributed by atoms with E-state index >= 15 is 0 Å². The van der Waals surface area contributed by atoms with E-state index in [4.69, 9.17) is 0 Å². The molecule has 1 aromatic heterocycles. The zero-order valence-corrected chi connectivity index (χ0v) is 18.3. The number of carbonyl (C=O) groups is 3. The molecule has 1 aliphatic heterocycles. The van der Waals surface area contributed by atoms with Crippen molar-refractivity contribution in [2.24, 2.45) is 0 Å². The normalized spacial score (nSPS) is 13.9. The van der Waals surface area contributed by atoms with Gasteiger partial charge in [0.25, 0.3) is 11.7 Å². The number of aromatic nitrogens is 1. The van der Waals surface area contributed by atoms with Crippen LogP contribution in [0.1, 0.15) is 29.6 Å². The average molecular weight is 440 g/mol. The molecule has 6 nitrogen and oxygen atoms in total. The van der Waals surface area contributed by atoms with Crippen LogP contribution in [0.2, 0.25) is 0 Å². The first kappa shape index (κ1) is 20.9. The first-order valence-corrected chi connectivity index (χ1v) is 11.3. The monoisotopic (exact) mass is 439 g/mol. The fourth-order valence-electron chi connectivity index (χ4n) is 4.58. The highest BCUT2D eigenvalue weighted by Gasteiger charge is 2.24. The molecular weight excluding hydrogens is 414 g/mol. The zero-order chi connectivity index (χ0) is 22.8. The Labute approximate surface area is 191 Å². The van der Waals surface area contributed by atoms with Crippen LogP contribution in [0.3, 0.4) is 0 Å². The molecule has 0 bridgehead atoms. The van der Waals surface area contributed by atoms with Gasteiger partial charge in [0.15, 0.2) is 0 Å². The molecule has 6 heteroatoms. The standard InChI is InChI=1S/C27H25N3O3/c31-25(29-15-6-1-7-16-29)18-30-17-22(21-12-4-5-14-24(21)30)26(32)27(33)28-23-13-8-10-19-9-2-3-11-20(19)23/h2-5,8-14,17H,1,6-7,15-16,18H2,(H,28,33). The van der Waals surface area contributed by atoms with Crippen LogP contribution in [0.4, 0.5) is 5.69 Å². The number of Topliss-reactive ketones (excluding diaryl/α,β-unsaturated/α-hetero) is 1. The Morgan fingerprint density at radius 1 is 0.788 bits per heavy atom. The van der Waals surface area contributed by atoms with Crippen molar-refractivity contribution in [3.63, 3.8) is 0 Å². The van der Waals surface area contributed by atoms with Gasteiger partial charge in [-0.25, -0.2) is 0 Å². The number of carbonyl (C=O) groups excluding carboxylic acids is 3. The molecule has 2 amide bonds. The molecule has 3 aromatic carbocycles. The quantitative estimate of drug-likeness (QED) is 0.364. The molecule has 0 radical (unpaired) electrons. The van der Waals surface area contributed by atoms with Crippen LogP contribution in [0.5, 0.6) is 0 Å². The van der Waals surface area contributed by atoms with Crippen LogP contribution >= 0.6 is 0 Å².